The summed E-state index contributed by atoms with van der Waals surface area (Å²) in [5.74, 6) is 0.886. The van der Waals surface area contributed by atoms with Crippen molar-refractivity contribution in [3.63, 3.8) is 0 Å². The molecule has 27 heavy (non-hydrogen) atoms. The maximum Gasteiger partial charge on any atom is 0.252 e. The summed E-state index contributed by atoms with van der Waals surface area (Å²) in [7, 11) is -3.49. The first-order valence-corrected chi connectivity index (χ1v) is 11.0. The van der Waals surface area contributed by atoms with Gasteiger partial charge in [0.2, 0.25) is 0 Å². The van der Waals surface area contributed by atoms with E-state index in [1.165, 1.54) is 11.3 Å². The van der Waals surface area contributed by atoms with Crippen LogP contribution in [0.25, 0.3) is 10.6 Å². The molecule has 1 aliphatic rings. The van der Waals surface area contributed by atoms with Crippen LogP contribution in [0.2, 0.25) is 0 Å². The van der Waals surface area contributed by atoms with E-state index in [9.17, 15) is 8.42 Å². The molecule has 0 radical (unpaired) electrons. The number of H-pyrrole nitrogens is 1. The summed E-state index contributed by atoms with van der Waals surface area (Å²) in [6.07, 6.45) is 1.75. The van der Waals surface area contributed by atoms with Gasteiger partial charge in [-0.25, -0.2) is 13.4 Å². The zero-order chi connectivity index (χ0) is 19.0. The highest BCUT2D eigenvalue weighted by Crippen LogP contribution is 2.33. The van der Waals surface area contributed by atoms with Crippen LogP contribution in [0, 0.1) is 13.8 Å². The van der Waals surface area contributed by atoms with Gasteiger partial charge in [0.15, 0.2) is 0 Å². The van der Waals surface area contributed by atoms with E-state index in [0.29, 0.717) is 30.4 Å². The van der Waals surface area contributed by atoms with Gasteiger partial charge in [0, 0.05) is 38.1 Å². The molecule has 0 atom stereocenters. The maximum absolute atomic E-state index is 13.0. The smallest absolute Gasteiger partial charge is 0.252 e. The molecule has 0 amide bonds. The number of nitrogens with zero attached hydrogens (tertiary/aromatic N) is 4. The number of nitrogens with one attached hydrogen (secondary N) is 1. The topological polar surface area (TPSA) is 82.2 Å². The Morgan fingerprint density at radius 3 is 2.48 bits per heavy atom. The third-order valence-electron chi connectivity index (χ3n) is 4.87. The fourth-order valence-corrected chi connectivity index (χ4v) is 6.07. The second-order valence-electron chi connectivity index (χ2n) is 6.52. The number of piperazine rings is 1. The number of thiophene rings is 1. The molecule has 142 valence electrons. The molecule has 0 aliphatic carbocycles. The van der Waals surface area contributed by atoms with E-state index >= 15 is 0 Å². The van der Waals surface area contributed by atoms with Crippen LogP contribution >= 0.6 is 11.3 Å². The summed E-state index contributed by atoms with van der Waals surface area (Å²) in [5.41, 5.74) is 2.86. The van der Waals surface area contributed by atoms with Gasteiger partial charge in [-0.2, -0.15) is 9.40 Å². The largest absolute Gasteiger partial charge is 0.354 e. The lowest BCUT2D eigenvalue weighted by atomic mass is 10.2. The van der Waals surface area contributed by atoms with E-state index in [1.54, 1.807) is 16.6 Å². The molecule has 9 heteroatoms. The highest BCUT2D eigenvalue weighted by atomic mass is 32.2. The molecule has 1 fully saturated rings. The lowest BCUT2D eigenvalue weighted by Gasteiger charge is -2.34. The van der Waals surface area contributed by atoms with Gasteiger partial charge < -0.3 is 4.90 Å². The van der Waals surface area contributed by atoms with Crippen molar-refractivity contribution < 1.29 is 8.42 Å². The SMILES string of the molecule is Cc1[nH]nc(-c2ccc(S(=O)(=O)N3CCN(c4ccccn4)CC3)s2)c1C. The second kappa shape index (κ2) is 7.06. The number of hydrogen-bond acceptors (Lipinski definition) is 6. The van der Waals surface area contributed by atoms with Gasteiger partial charge in [-0.3, -0.25) is 5.10 Å². The van der Waals surface area contributed by atoms with E-state index in [4.69, 9.17) is 0 Å². The molecule has 0 saturated carbocycles. The number of sulfonamides is 1. The summed E-state index contributed by atoms with van der Waals surface area (Å²) in [6, 6.07) is 9.29. The normalized spacial score (nSPS) is 16.0. The predicted molar refractivity (Wildman–Crippen MR) is 107 cm³/mol. The van der Waals surface area contributed by atoms with E-state index < -0.39 is 10.0 Å². The van der Waals surface area contributed by atoms with Crippen LogP contribution in [-0.4, -0.2) is 54.1 Å². The van der Waals surface area contributed by atoms with Crippen LogP contribution in [0.5, 0.6) is 0 Å². The molecule has 0 spiro atoms. The van der Waals surface area contributed by atoms with Crippen molar-refractivity contribution >= 4 is 27.2 Å². The van der Waals surface area contributed by atoms with Gasteiger partial charge in [0.25, 0.3) is 10.0 Å². The summed E-state index contributed by atoms with van der Waals surface area (Å²) in [6.45, 7) is 6.11. The number of pyridine rings is 1. The number of hydrogen-bond donors (Lipinski definition) is 1. The fourth-order valence-electron chi connectivity index (χ4n) is 3.14. The van der Waals surface area contributed by atoms with E-state index in [2.05, 4.69) is 20.1 Å². The quantitative estimate of drug-likeness (QED) is 0.724. The van der Waals surface area contributed by atoms with Crippen LogP contribution in [0.1, 0.15) is 11.3 Å². The van der Waals surface area contributed by atoms with Gasteiger partial charge in [-0.15, -0.1) is 11.3 Å². The lowest BCUT2D eigenvalue weighted by molar-refractivity contribution is 0.385. The zero-order valence-corrected chi connectivity index (χ0v) is 16.8. The molecule has 3 aromatic rings. The Bertz CT molecular complexity index is 1030. The minimum atomic E-state index is -3.49. The minimum absolute atomic E-state index is 0.365. The van der Waals surface area contributed by atoms with Crippen molar-refractivity contribution in [1.82, 2.24) is 19.5 Å². The third-order valence-corrected chi connectivity index (χ3v) is 8.33. The molecular weight excluding hydrogens is 382 g/mol. The van der Waals surface area contributed by atoms with Crippen LogP contribution in [0.3, 0.4) is 0 Å². The molecular formula is C18H21N5O2S2. The van der Waals surface area contributed by atoms with Gasteiger partial charge >= 0.3 is 0 Å². The molecule has 3 aromatic heterocycles. The Hall–Kier alpha value is -2.23. The first-order chi connectivity index (χ1) is 13.0. The first-order valence-electron chi connectivity index (χ1n) is 8.75. The van der Waals surface area contributed by atoms with Crippen molar-refractivity contribution in [2.45, 2.75) is 18.1 Å². The van der Waals surface area contributed by atoms with Crippen molar-refractivity contribution in [1.29, 1.82) is 0 Å². The van der Waals surface area contributed by atoms with Crippen molar-refractivity contribution in [3.05, 3.63) is 47.8 Å². The number of rotatable bonds is 4. The molecule has 0 bridgehead atoms. The summed E-state index contributed by atoms with van der Waals surface area (Å²) in [5, 5.41) is 7.25. The van der Waals surface area contributed by atoms with E-state index in [-0.39, 0.29) is 0 Å². The summed E-state index contributed by atoms with van der Waals surface area (Å²) in [4.78, 5) is 7.32. The van der Waals surface area contributed by atoms with Crippen molar-refractivity contribution in [2.75, 3.05) is 31.1 Å². The van der Waals surface area contributed by atoms with Gasteiger partial charge in [0.05, 0.1) is 4.88 Å². The third kappa shape index (κ3) is 3.38. The first kappa shape index (κ1) is 18.1. The maximum atomic E-state index is 13.0. The van der Waals surface area contributed by atoms with Gasteiger partial charge in [-0.1, -0.05) is 6.07 Å². The average Bonchev–Trinajstić information content (AvgIpc) is 3.31. The highest BCUT2D eigenvalue weighted by Gasteiger charge is 2.30. The molecule has 0 unspecified atom stereocenters. The van der Waals surface area contributed by atoms with Gasteiger partial charge in [0.1, 0.15) is 15.7 Å². The lowest BCUT2D eigenvalue weighted by Crippen LogP contribution is -2.48. The second-order valence-corrected chi connectivity index (χ2v) is 9.77. The van der Waals surface area contributed by atoms with E-state index in [1.807, 2.05) is 38.1 Å². The molecule has 1 N–H and O–H groups in total. The van der Waals surface area contributed by atoms with Crippen LogP contribution < -0.4 is 4.90 Å². The molecule has 4 rings (SSSR count). The highest BCUT2D eigenvalue weighted by molar-refractivity contribution is 7.91. The van der Waals surface area contributed by atoms with Crippen LogP contribution in [-0.2, 0) is 10.0 Å². The van der Waals surface area contributed by atoms with Gasteiger partial charge in [-0.05, 0) is 43.7 Å². The fraction of sp³-hybridized carbons (Fsp3) is 0.333. The Morgan fingerprint density at radius 2 is 1.85 bits per heavy atom. The van der Waals surface area contributed by atoms with Crippen LogP contribution in [0.15, 0.2) is 40.7 Å². The van der Waals surface area contributed by atoms with Crippen molar-refractivity contribution in [2.24, 2.45) is 0 Å². The van der Waals surface area contributed by atoms with Crippen molar-refractivity contribution in [3.8, 4) is 10.6 Å². The average molecular weight is 404 g/mol. The molecule has 7 nitrogen and oxygen atoms in total. The monoisotopic (exact) mass is 403 g/mol. The molecule has 1 saturated heterocycles. The Morgan fingerprint density at radius 1 is 1.07 bits per heavy atom. The predicted octanol–water partition coefficient (Wildman–Crippen LogP) is 2.66. The van der Waals surface area contributed by atoms with Crippen LogP contribution in [0.4, 0.5) is 5.82 Å². The molecule has 0 aromatic carbocycles. The number of aromatic nitrogens is 3. The Kier molecular flexibility index (Phi) is 4.75. The number of aryl methyl sites for hydroxylation is 1. The number of anilines is 1. The molecule has 1 aliphatic heterocycles. The summed E-state index contributed by atoms with van der Waals surface area (Å²) < 4.78 is 28.0. The standard InChI is InChI=1S/C18H21N5O2S2/c1-13-14(2)20-21-18(13)15-6-7-17(26-15)27(24,25)23-11-9-22(10-12-23)16-5-3-4-8-19-16/h3-8H,9-12H2,1-2H3,(H,20,21). The van der Waals surface area contributed by atoms with E-state index in [0.717, 1.165) is 27.6 Å². The minimum Gasteiger partial charge on any atom is -0.354 e. The zero-order valence-electron chi connectivity index (χ0n) is 15.2. The summed E-state index contributed by atoms with van der Waals surface area (Å²) >= 11 is 1.27. The molecule has 4 heterocycles. The number of aromatic amines is 1. The Labute approximate surface area is 162 Å². The Balaban J connectivity index is 1.51.